The summed E-state index contributed by atoms with van der Waals surface area (Å²) in [4.78, 5) is 14.8. The van der Waals surface area contributed by atoms with Gasteiger partial charge in [-0.15, -0.1) is 0 Å². The third-order valence-electron chi connectivity index (χ3n) is 2.67. The highest BCUT2D eigenvalue weighted by Crippen LogP contribution is 2.37. The number of hydrogen-bond donors (Lipinski definition) is 0. The standard InChI is InChI=1S/C11H12FNO2/c1-7-4-9(7)6-15-11(14)8-2-3-13-10(12)5-8/h2-3,5,7,9H,4,6H2,1H3/t7-,9-/m1/s1. The molecule has 0 unspecified atom stereocenters. The van der Waals surface area contributed by atoms with Crippen LogP contribution in [0.15, 0.2) is 18.3 Å². The maximum Gasteiger partial charge on any atom is 0.338 e. The van der Waals surface area contributed by atoms with Crippen molar-refractivity contribution in [2.75, 3.05) is 6.61 Å². The van der Waals surface area contributed by atoms with E-state index in [2.05, 4.69) is 11.9 Å². The molecule has 15 heavy (non-hydrogen) atoms. The number of nitrogens with zero attached hydrogens (tertiary/aromatic N) is 1. The number of aromatic nitrogens is 1. The quantitative estimate of drug-likeness (QED) is 0.564. The Hall–Kier alpha value is -1.45. The van der Waals surface area contributed by atoms with E-state index in [9.17, 15) is 9.18 Å². The van der Waals surface area contributed by atoms with Gasteiger partial charge in [0.15, 0.2) is 0 Å². The van der Waals surface area contributed by atoms with Gasteiger partial charge >= 0.3 is 5.97 Å². The maximum absolute atomic E-state index is 12.7. The van der Waals surface area contributed by atoms with Gasteiger partial charge in [-0.3, -0.25) is 0 Å². The van der Waals surface area contributed by atoms with E-state index in [1.807, 2.05) is 0 Å². The largest absolute Gasteiger partial charge is 0.462 e. The van der Waals surface area contributed by atoms with E-state index in [1.54, 1.807) is 0 Å². The number of carbonyl (C=O) groups excluding carboxylic acids is 1. The van der Waals surface area contributed by atoms with Crippen LogP contribution in [-0.4, -0.2) is 17.6 Å². The van der Waals surface area contributed by atoms with Crippen LogP contribution >= 0.6 is 0 Å². The molecule has 0 spiro atoms. The number of ether oxygens (including phenoxy) is 1. The van der Waals surface area contributed by atoms with Gasteiger partial charge in [-0.25, -0.2) is 9.78 Å². The van der Waals surface area contributed by atoms with Crippen LogP contribution < -0.4 is 0 Å². The van der Waals surface area contributed by atoms with Gasteiger partial charge in [-0.1, -0.05) is 6.92 Å². The first-order valence-corrected chi connectivity index (χ1v) is 4.95. The van der Waals surface area contributed by atoms with Crippen LogP contribution in [0.4, 0.5) is 4.39 Å². The lowest BCUT2D eigenvalue weighted by atomic mass is 10.3. The monoisotopic (exact) mass is 209 g/mol. The maximum atomic E-state index is 12.7. The Morgan fingerprint density at radius 3 is 3.07 bits per heavy atom. The SMILES string of the molecule is C[C@@H]1C[C@@H]1COC(=O)c1ccnc(F)c1. The molecule has 0 aliphatic heterocycles. The third-order valence-corrected chi connectivity index (χ3v) is 2.67. The van der Waals surface area contributed by atoms with Crippen LogP contribution in [0.5, 0.6) is 0 Å². The van der Waals surface area contributed by atoms with E-state index in [1.165, 1.54) is 12.3 Å². The van der Waals surface area contributed by atoms with Gasteiger partial charge in [-0.2, -0.15) is 4.39 Å². The zero-order valence-corrected chi connectivity index (χ0v) is 8.44. The lowest BCUT2D eigenvalue weighted by Crippen LogP contribution is -2.08. The molecule has 1 fully saturated rings. The third kappa shape index (κ3) is 2.52. The van der Waals surface area contributed by atoms with Gasteiger partial charge in [0, 0.05) is 12.3 Å². The zero-order valence-electron chi connectivity index (χ0n) is 8.44. The molecule has 0 bridgehead atoms. The molecular formula is C11H12FNO2. The Kier molecular flexibility index (Phi) is 2.66. The fraction of sp³-hybridized carbons (Fsp3) is 0.455. The average Bonchev–Trinajstić information content (AvgIpc) is 2.91. The van der Waals surface area contributed by atoms with Crippen LogP contribution in [-0.2, 0) is 4.74 Å². The molecule has 2 rings (SSSR count). The minimum atomic E-state index is -0.663. The highest BCUT2D eigenvalue weighted by molar-refractivity contribution is 5.89. The molecule has 4 heteroatoms. The van der Waals surface area contributed by atoms with E-state index >= 15 is 0 Å². The summed E-state index contributed by atoms with van der Waals surface area (Å²) in [5, 5.41) is 0. The molecule has 3 nitrogen and oxygen atoms in total. The van der Waals surface area contributed by atoms with Crippen molar-refractivity contribution in [1.29, 1.82) is 0 Å². The first kappa shape index (κ1) is 10.1. The number of rotatable bonds is 3. The number of esters is 1. The Morgan fingerprint density at radius 1 is 1.73 bits per heavy atom. The second kappa shape index (κ2) is 3.96. The number of carbonyl (C=O) groups is 1. The molecule has 0 amide bonds. The zero-order chi connectivity index (χ0) is 10.8. The van der Waals surface area contributed by atoms with Crippen molar-refractivity contribution in [3.63, 3.8) is 0 Å². The van der Waals surface area contributed by atoms with Crippen molar-refractivity contribution in [3.05, 3.63) is 29.8 Å². The summed E-state index contributed by atoms with van der Waals surface area (Å²) in [6, 6.07) is 2.53. The highest BCUT2D eigenvalue weighted by Gasteiger charge is 2.33. The van der Waals surface area contributed by atoms with Gasteiger partial charge in [-0.05, 0) is 24.3 Å². The summed E-state index contributed by atoms with van der Waals surface area (Å²) in [7, 11) is 0. The molecule has 1 heterocycles. The van der Waals surface area contributed by atoms with Gasteiger partial charge < -0.3 is 4.74 Å². The smallest absolute Gasteiger partial charge is 0.338 e. The van der Waals surface area contributed by atoms with Crippen LogP contribution in [0.3, 0.4) is 0 Å². The molecule has 0 N–H and O–H groups in total. The molecule has 2 atom stereocenters. The van der Waals surface area contributed by atoms with Gasteiger partial charge in [0.25, 0.3) is 0 Å². The molecule has 1 aliphatic rings. The molecular weight excluding hydrogens is 197 g/mol. The van der Waals surface area contributed by atoms with Crippen molar-refractivity contribution in [1.82, 2.24) is 4.98 Å². The van der Waals surface area contributed by atoms with Gasteiger partial charge in [0.1, 0.15) is 0 Å². The topological polar surface area (TPSA) is 39.2 Å². The van der Waals surface area contributed by atoms with Crippen molar-refractivity contribution >= 4 is 5.97 Å². The van der Waals surface area contributed by atoms with E-state index < -0.39 is 11.9 Å². The Balaban J connectivity index is 1.90. The first-order valence-electron chi connectivity index (χ1n) is 4.95. The summed E-state index contributed by atoms with van der Waals surface area (Å²) in [5.74, 6) is -0.00718. The lowest BCUT2D eigenvalue weighted by Gasteiger charge is -2.03. The summed E-state index contributed by atoms with van der Waals surface area (Å²) in [6.07, 6.45) is 2.36. The van der Waals surface area contributed by atoms with Gasteiger partial charge in [0.2, 0.25) is 5.95 Å². The highest BCUT2D eigenvalue weighted by atomic mass is 19.1. The van der Waals surface area contributed by atoms with Crippen molar-refractivity contribution < 1.29 is 13.9 Å². The molecule has 1 aliphatic carbocycles. The van der Waals surface area contributed by atoms with Crippen molar-refractivity contribution in [3.8, 4) is 0 Å². The number of pyridine rings is 1. The van der Waals surface area contributed by atoms with E-state index in [0.29, 0.717) is 18.4 Å². The minimum Gasteiger partial charge on any atom is -0.462 e. The molecule has 80 valence electrons. The number of hydrogen-bond acceptors (Lipinski definition) is 3. The average molecular weight is 209 g/mol. The summed E-state index contributed by atoms with van der Waals surface area (Å²) >= 11 is 0. The van der Waals surface area contributed by atoms with Crippen molar-refractivity contribution in [2.45, 2.75) is 13.3 Å². The lowest BCUT2D eigenvalue weighted by molar-refractivity contribution is 0.0480. The second-order valence-electron chi connectivity index (χ2n) is 3.94. The normalized spacial score (nSPS) is 23.6. The molecule has 1 aromatic heterocycles. The van der Waals surface area contributed by atoms with Crippen LogP contribution in [0.1, 0.15) is 23.7 Å². The van der Waals surface area contributed by atoms with Crippen LogP contribution in [0, 0.1) is 17.8 Å². The van der Waals surface area contributed by atoms with E-state index in [0.717, 1.165) is 12.5 Å². The summed E-state index contributed by atoms with van der Waals surface area (Å²) < 4.78 is 17.7. The fourth-order valence-electron chi connectivity index (χ4n) is 1.43. The van der Waals surface area contributed by atoms with Crippen molar-refractivity contribution in [2.24, 2.45) is 11.8 Å². The second-order valence-corrected chi connectivity index (χ2v) is 3.94. The summed E-state index contributed by atoms with van der Waals surface area (Å²) in [5.41, 5.74) is 0.218. The molecule has 1 saturated carbocycles. The first-order chi connectivity index (χ1) is 7.16. The predicted molar refractivity (Wildman–Crippen MR) is 51.7 cm³/mol. The Morgan fingerprint density at radius 2 is 2.47 bits per heavy atom. The van der Waals surface area contributed by atoms with Gasteiger partial charge in [0.05, 0.1) is 12.2 Å². The predicted octanol–water partition coefficient (Wildman–Crippen LogP) is 2.03. The molecule has 0 radical (unpaired) electrons. The molecule has 1 aromatic rings. The van der Waals surface area contributed by atoms with E-state index in [-0.39, 0.29) is 5.56 Å². The Bertz CT molecular complexity index is 381. The molecule has 0 saturated heterocycles. The fourth-order valence-corrected chi connectivity index (χ4v) is 1.43. The number of halogens is 1. The Labute approximate surface area is 87.3 Å². The summed E-state index contributed by atoms with van der Waals surface area (Å²) in [6.45, 7) is 2.55. The van der Waals surface area contributed by atoms with Crippen LogP contribution in [0.2, 0.25) is 0 Å². The van der Waals surface area contributed by atoms with Crippen LogP contribution in [0.25, 0.3) is 0 Å². The van der Waals surface area contributed by atoms with E-state index in [4.69, 9.17) is 4.74 Å². The minimum absolute atomic E-state index is 0.218. The molecule has 0 aromatic carbocycles.